The first-order valence-electron chi connectivity index (χ1n) is 5.63. The van der Waals surface area contributed by atoms with Gasteiger partial charge in [0.1, 0.15) is 15.9 Å². The van der Waals surface area contributed by atoms with Gasteiger partial charge in [-0.15, -0.1) is 11.3 Å². The van der Waals surface area contributed by atoms with Crippen LogP contribution >= 0.6 is 11.3 Å². The maximum absolute atomic E-state index is 11.7. The number of hydrogen-bond donors (Lipinski definition) is 2. The Kier molecular flexibility index (Phi) is 5.49. The van der Waals surface area contributed by atoms with Crippen molar-refractivity contribution in [1.29, 1.82) is 0 Å². The molecule has 1 aromatic rings. The summed E-state index contributed by atoms with van der Waals surface area (Å²) in [5.41, 5.74) is 0. The van der Waals surface area contributed by atoms with Crippen LogP contribution in [-0.4, -0.2) is 42.9 Å². The molecule has 0 aliphatic heterocycles. The molecular weight excluding hydrogens is 290 g/mol. The van der Waals surface area contributed by atoms with Crippen LogP contribution in [0.1, 0.15) is 23.0 Å². The van der Waals surface area contributed by atoms with Crippen molar-refractivity contribution in [2.75, 3.05) is 11.5 Å². The second kappa shape index (κ2) is 6.67. The molecule has 1 unspecified atom stereocenters. The second-order valence-corrected chi connectivity index (χ2v) is 7.29. The molecule has 0 spiro atoms. The van der Waals surface area contributed by atoms with E-state index in [1.807, 2.05) is 0 Å². The molecule has 0 saturated heterocycles. The van der Waals surface area contributed by atoms with E-state index in [2.05, 4.69) is 5.32 Å². The SMILES string of the molecule is CCS(=O)(=O)CCC(NC(=O)c1cccs1)C(=O)O. The molecule has 2 N–H and O–H groups in total. The summed E-state index contributed by atoms with van der Waals surface area (Å²) < 4.78 is 22.7. The van der Waals surface area contributed by atoms with E-state index in [-0.39, 0.29) is 17.9 Å². The van der Waals surface area contributed by atoms with Crippen LogP contribution in [0, 0.1) is 0 Å². The van der Waals surface area contributed by atoms with E-state index in [9.17, 15) is 18.0 Å². The summed E-state index contributed by atoms with van der Waals surface area (Å²) in [5.74, 6) is -2.05. The number of carbonyl (C=O) groups is 2. The monoisotopic (exact) mass is 305 g/mol. The number of hydrogen-bond acceptors (Lipinski definition) is 5. The van der Waals surface area contributed by atoms with Gasteiger partial charge in [0.2, 0.25) is 0 Å². The average molecular weight is 305 g/mol. The van der Waals surface area contributed by atoms with Gasteiger partial charge in [0.15, 0.2) is 0 Å². The van der Waals surface area contributed by atoms with E-state index in [1.165, 1.54) is 18.3 Å². The highest BCUT2D eigenvalue weighted by atomic mass is 32.2. The average Bonchev–Trinajstić information content (AvgIpc) is 2.87. The number of carboxylic acids is 1. The van der Waals surface area contributed by atoms with Gasteiger partial charge in [-0.2, -0.15) is 0 Å². The minimum absolute atomic E-state index is 0.0434. The lowest BCUT2D eigenvalue weighted by Gasteiger charge is -2.13. The van der Waals surface area contributed by atoms with Crippen molar-refractivity contribution in [2.45, 2.75) is 19.4 Å². The number of carbonyl (C=O) groups excluding carboxylic acids is 1. The molecule has 19 heavy (non-hydrogen) atoms. The first kappa shape index (κ1) is 15.6. The smallest absolute Gasteiger partial charge is 0.326 e. The summed E-state index contributed by atoms with van der Waals surface area (Å²) in [5, 5.41) is 13.0. The Balaban J connectivity index is 2.64. The third-order valence-electron chi connectivity index (χ3n) is 2.51. The van der Waals surface area contributed by atoms with Crippen LogP contribution in [0.15, 0.2) is 17.5 Å². The number of rotatable bonds is 7. The Hall–Kier alpha value is -1.41. The lowest BCUT2D eigenvalue weighted by atomic mass is 10.2. The summed E-state index contributed by atoms with van der Waals surface area (Å²) in [6.07, 6.45) is -0.136. The van der Waals surface area contributed by atoms with Crippen molar-refractivity contribution < 1.29 is 23.1 Å². The Labute approximate surface area is 115 Å². The standard InChI is InChI=1S/C11H15NO5S2/c1-2-19(16,17)7-5-8(11(14)15)12-10(13)9-4-3-6-18-9/h3-4,6,8H,2,5,7H2,1H3,(H,12,13)(H,14,15). The van der Waals surface area contributed by atoms with Gasteiger partial charge in [0, 0.05) is 5.75 Å². The Morgan fingerprint density at radius 3 is 2.63 bits per heavy atom. The number of thiophene rings is 1. The van der Waals surface area contributed by atoms with Crippen LogP contribution in [0.4, 0.5) is 0 Å². The summed E-state index contributed by atoms with van der Waals surface area (Å²) in [6, 6.07) is 2.05. The summed E-state index contributed by atoms with van der Waals surface area (Å²) in [7, 11) is -3.25. The maximum Gasteiger partial charge on any atom is 0.326 e. The fraction of sp³-hybridized carbons (Fsp3) is 0.455. The lowest BCUT2D eigenvalue weighted by Crippen LogP contribution is -2.41. The van der Waals surface area contributed by atoms with Crippen LogP contribution in [0.5, 0.6) is 0 Å². The Bertz CT molecular complexity index is 535. The van der Waals surface area contributed by atoms with Crippen molar-refractivity contribution >= 4 is 33.1 Å². The number of nitrogens with one attached hydrogen (secondary N) is 1. The molecule has 0 fully saturated rings. The molecule has 0 bridgehead atoms. The quantitative estimate of drug-likeness (QED) is 0.774. The number of sulfone groups is 1. The highest BCUT2D eigenvalue weighted by Gasteiger charge is 2.23. The summed E-state index contributed by atoms with van der Waals surface area (Å²) >= 11 is 1.19. The van der Waals surface area contributed by atoms with Gasteiger partial charge >= 0.3 is 5.97 Å². The van der Waals surface area contributed by atoms with Crippen LogP contribution in [0.3, 0.4) is 0 Å². The zero-order valence-corrected chi connectivity index (χ0v) is 12.0. The molecule has 1 rings (SSSR count). The van der Waals surface area contributed by atoms with E-state index in [1.54, 1.807) is 17.5 Å². The Morgan fingerprint density at radius 1 is 1.47 bits per heavy atom. The van der Waals surface area contributed by atoms with Crippen molar-refractivity contribution in [3.63, 3.8) is 0 Å². The number of amides is 1. The van der Waals surface area contributed by atoms with Gasteiger partial charge in [0.05, 0.1) is 10.6 Å². The van der Waals surface area contributed by atoms with Crippen LogP contribution in [-0.2, 0) is 14.6 Å². The van der Waals surface area contributed by atoms with Gasteiger partial charge in [0.25, 0.3) is 5.91 Å². The normalized spacial score (nSPS) is 12.9. The fourth-order valence-corrected chi connectivity index (χ4v) is 2.85. The van der Waals surface area contributed by atoms with E-state index in [0.717, 1.165) is 0 Å². The predicted octanol–water partition coefficient (Wildman–Crippen LogP) is 0.756. The molecule has 6 nitrogen and oxygen atoms in total. The van der Waals surface area contributed by atoms with Crippen molar-refractivity contribution in [3.05, 3.63) is 22.4 Å². The molecule has 1 heterocycles. The first-order chi connectivity index (χ1) is 8.85. The maximum atomic E-state index is 11.7. The highest BCUT2D eigenvalue weighted by molar-refractivity contribution is 7.91. The van der Waals surface area contributed by atoms with E-state index in [0.29, 0.717) is 4.88 Å². The van der Waals surface area contributed by atoms with E-state index in [4.69, 9.17) is 5.11 Å². The third-order valence-corrected chi connectivity index (χ3v) is 5.11. The van der Waals surface area contributed by atoms with Crippen molar-refractivity contribution in [1.82, 2.24) is 5.32 Å². The molecule has 1 aromatic heterocycles. The van der Waals surface area contributed by atoms with Gasteiger partial charge in [-0.3, -0.25) is 4.79 Å². The first-order valence-corrected chi connectivity index (χ1v) is 8.33. The minimum Gasteiger partial charge on any atom is -0.480 e. The molecule has 0 radical (unpaired) electrons. The van der Waals surface area contributed by atoms with E-state index >= 15 is 0 Å². The van der Waals surface area contributed by atoms with Crippen molar-refractivity contribution in [3.8, 4) is 0 Å². The highest BCUT2D eigenvalue weighted by Crippen LogP contribution is 2.09. The molecule has 0 aliphatic carbocycles. The number of carboxylic acid groups (broad SMARTS) is 1. The van der Waals surface area contributed by atoms with Crippen molar-refractivity contribution in [2.24, 2.45) is 0 Å². The minimum atomic E-state index is -3.25. The second-order valence-electron chi connectivity index (χ2n) is 3.87. The van der Waals surface area contributed by atoms with Gasteiger partial charge in [-0.05, 0) is 17.9 Å². The molecular formula is C11H15NO5S2. The third kappa shape index (κ3) is 4.99. The molecule has 106 valence electrons. The molecule has 0 aliphatic rings. The predicted molar refractivity (Wildman–Crippen MR) is 72.2 cm³/mol. The largest absolute Gasteiger partial charge is 0.480 e. The Morgan fingerprint density at radius 2 is 2.16 bits per heavy atom. The van der Waals surface area contributed by atoms with Gasteiger partial charge in [-0.25, -0.2) is 13.2 Å². The van der Waals surface area contributed by atoms with Crippen LogP contribution < -0.4 is 5.32 Å². The fourth-order valence-electron chi connectivity index (χ4n) is 1.34. The van der Waals surface area contributed by atoms with Crippen LogP contribution in [0.25, 0.3) is 0 Å². The summed E-state index contributed by atoms with van der Waals surface area (Å²) in [6.45, 7) is 1.50. The topological polar surface area (TPSA) is 101 Å². The van der Waals surface area contributed by atoms with Gasteiger partial charge < -0.3 is 10.4 Å². The summed E-state index contributed by atoms with van der Waals surface area (Å²) in [4.78, 5) is 23.1. The van der Waals surface area contributed by atoms with E-state index < -0.39 is 27.8 Å². The lowest BCUT2D eigenvalue weighted by molar-refractivity contribution is -0.139. The zero-order chi connectivity index (χ0) is 14.5. The zero-order valence-electron chi connectivity index (χ0n) is 10.3. The molecule has 0 aromatic carbocycles. The molecule has 1 amide bonds. The number of aliphatic carboxylic acids is 1. The molecule has 1 atom stereocenters. The van der Waals surface area contributed by atoms with Crippen LogP contribution in [0.2, 0.25) is 0 Å². The molecule has 0 saturated carbocycles. The molecule has 8 heteroatoms. The van der Waals surface area contributed by atoms with Gasteiger partial charge in [-0.1, -0.05) is 13.0 Å².